The minimum atomic E-state index is 0.0877. The fourth-order valence-electron chi connectivity index (χ4n) is 10.1. The first-order valence-corrected chi connectivity index (χ1v) is 22.2. The Bertz CT molecular complexity index is 3500. The van der Waals surface area contributed by atoms with Gasteiger partial charge in [0.2, 0.25) is 0 Å². The van der Waals surface area contributed by atoms with E-state index < -0.39 is 0 Å². The number of fused-ring (bicyclic) bond motifs is 7. The van der Waals surface area contributed by atoms with Crippen molar-refractivity contribution >= 4 is 55.7 Å². The molecule has 1 aliphatic carbocycles. The Morgan fingerprint density at radius 3 is 1.72 bits per heavy atom. The van der Waals surface area contributed by atoms with E-state index in [0.717, 1.165) is 56.2 Å². The number of allylic oxidation sites excluding steroid dienone is 2. The average molecular weight is 833 g/mol. The molecule has 65 heavy (non-hydrogen) atoms. The van der Waals surface area contributed by atoms with Crippen molar-refractivity contribution in [3.8, 4) is 39.9 Å². The number of aromatic nitrogens is 4. The summed E-state index contributed by atoms with van der Waals surface area (Å²) in [6.45, 7) is 0. The summed E-state index contributed by atoms with van der Waals surface area (Å²) in [7, 11) is 0. The summed E-state index contributed by atoms with van der Waals surface area (Å²) in [4.78, 5) is 20.2. The van der Waals surface area contributed by atoms with Crippen LogP contribution in [0.25, 0.3) is 72.8 Å². The Hall–Kier alpha value is -8.61. The van der Waals surface area contributed by atoms with E-state index in [0.29, 0.717) is 17.5 Å². The molecule has 0 N–H and O–H groups in total. The quantitative estimate of drug-likeness (QED) is 0.167. The van der Waals surface area contributed by atoms with Gasteiger partial charge in [0.15, 0.2) is 17.5 Å². The number of benzene rings is 8. The smallest absolute Gasteiger partial charge is 0.164 e. The van der Waals surface area contributed by atoms with Crippen LogP contribution in [0.3, 0.4) is 0 Å². The lowest BCUT2D eigenvalue weighted by Crippen LogP contribution is -2.36. The maximum Gasteiger partial charge on any atom is 0.164 e. The zero-order valence-electron chi connectivity index (χ0n) is 35.3. The molecule has 3 aliphatic rings. The van der Waals surface area contributed by atoms with Gasteiger partial charge in [-0.3, -0.25) is 0 Å². The van der Waals surface area contributed by atoms with Crippen molar-refractivity contribution < 1.29 is 0 Å². The van der Waals surface area contributed by atoms with E-state index in [1.807, 2.05) is 60.7 Å². The van der Waals surface area contributed by atoms with Gasteiger partial charge in [0.1, 0.15) is 0 Å². The first-order valence-electron chi connectivity index (χ1n) is 22.2. The highest BCUT2D eigenvalue weighted by Crippen LogP contribution is 2.54. The standard InChI is InChI=1S/C59H40N6/c1-5-18-39(19-6-1)44-34-42-32-33-63-54-37-49-47-28-13-15-30-51(47)65(53(49)38-55(54)64(45-25-11-4-12-26-45)52-31-16-14-29-48(52)50(36-44)56(42)63)46-27-17-24-43(35-46)59-61-57(40-20-7-2-8-21-40)60-58(62-59)41-22-9-3-10-23-41/h1-38,42,56H. The predicted molar refractivity (Wildman–Crippen MR) is 266 cm³/mol. The van der Waals surface area contributed by atoms with Crippen LogP contribution in [0.2, 0.25) is 0 Å². The van der Waals surface area contributed by atoms with Crippen LogP contribution in [0, 0.1) is 5.92 Å². The second-order valence-corrected chi connectivity index (χ2v) is 16.8. The van der Waals surface area contributed by atoms with Gasteiger partial charge in [-0.25, -0.2) is 15.0 Å². The molecule has 2 unspecified atom stereocenters. The van der Waals surface area contributed by atoms with Crippen molar-refractivity contribution in [1.82, 2.24) is 19.5 Å². The lowest BCUT2D eigenvalue weighted by atomic mass is 9.80. The number of para-hydroxylation sites is 3. The summed E-state index contributed by atoms with van der Waals surface area (Å²) in [5.41, 5.74) is 15.6. The number of hydrogen-bond acceptors (Lipinski definition) is 5. The summed E-state index contributed by atoms with van der Waals surface area (Å²) in [6, 6.07) is 73.2. The van der Waals surface area contributed by atoms with E-state index in [4.69, 9.17) is 15.0 Å². The lowest BCUT2D eigenvalue weighted by Gasteiger charge is -2.41. The Labute approximate surface area is 377 Å². The number of hydrogen-bond donors (Lipinski definition) is 0. The second-order valence-electron chi connectivity index (χ2n) is 16.8. The predicted octanol–water partition coefficient (Wildman–Crippen LogP) is 14.3. The molecule has 306 valence electrons. The molecular formula is C59H40N6. The SMILES string of the molecule is C1=CN2c3cc4c5ccccc5n(-c5cccc(-c6nc(-c7ccccc7)nc(-c7ccccc7)n6)c5)c4cc3N(c3ccccc3)c3ccccc3C3=CC(c4ccccc4)=CC1C32. The molecule has 0 radical (unpaired) electrons. The van der Waals surface area contributed by atoms with Crippen molar-refractivity contribution in [2.45, 2.75) is 6.04 Å². The lowest BCUT2D eigenvalue weighted by molar-refractivity contribution is 0.719. The fourth-order valence-corrected chi connectivity index (χ4v) is 10.1. The highest BCUT2D eigenvalue weighted by atomic mass is 15.2. The molecule has 0 saturated heterocycles. The van der Waals surface area contributed by atoms with E-state index >= 15 is 0 Å². The summed E-state index contributed by atoms with van der Waals surface area (Å²) < 4.78 is 2.41. The molecule has 0 fully saturated rings. The van der Waals surface area contributed by atoms with Gasteiger partial charge < -0.3 is 14.4 Å². The second kappa shape index (κ2) is 15.0. The van der Waals surface area contributed by atoms with Crippen molar-refractivity contribution in [3.63, 3.8) is 0 Å². The summed E-state index contributed by atoms with van der Waals surface area (Å²) in [5.74, 6) is 2.08. The molecule has 4 heterocycles. The summed E-state index contributed by atoms with van der Waals surface area (Å²) >= 11 is 0. The zero-order valence-corrected chi connectivity index (χ0v) is 35.3. The van der Waals surface area contributed by atoms with Gasteiger partial charge in [0.25, 0.3) is 0 Å². The Kier molecular flexibility index (Phi) is 8.56. The van der Waals surface area contributed by atoms with Crippen LogP contribution in [0.15, 0.2) is 231 Å². The molecule has 6 heteroatoms. The first-order chi connectivity index (χ1) is 32.2. The molecule has 0 saturated carbocycles. The van der Waals surface area contributed by atoms with Gasteiger partial charge in [0.05, 0.1) is 34.1 Å². The zero-order chi connectivity index (χ0) is 42.8. The molecule has 13 rings (SSSR count). The minimum absolute atomic E-state index is 0.0877. The Morgan fingerprint density at radius 2 is 1.00 bits per heavy atom. The molecule has 0 spiro atoms. The van der Waals surface area contributed by atoms with Crippen LogP contribution >= 0.6 is 0 Å². The molecule has 6 nitrogen and oxygen atoms in total. The van der Waals surface area contributed by atoms with Gasteiger partial charge in [-0.2, -0.15) is 0 Å². The highest BCUT2D eigenvalue weighted by Gasteiger charge is 2.40. The maximum atomic E-state index is 5.11. The van der Waals surface area contributed by atoms with Crippen LogP contribution in [0.5, 0.6) is 0 Å². The third-order valence-corrected chi connectivity index (χ3v) is 13.1. The number of anilines is 4. The Morgan fingerprint density at radius 1 is 0.415 bits per heavy atom. The molecular weight excluding hydrogens is 793 g/mol. The number of rotatable bonds is 6. The van der Waals surface area contributed by atoms with Crippen molar-refractivity contribution in [3.05, 3.63) is 242 Å². The van der Waals surface area contributed by atoms with Crippen LogP contribution < -0.4 is 9.80 Å². The summed E-state index contributed by atoms with van der Waals surface area (Å²) in [5, 5.41) is 2.37. The van der Waals surface area contributed by atoms with Crippen LogP contribution in [-0.2, 0) is 0 Å². The fraction of sp³-hybridized carbons (Fsp3) is 0.0339. The molecule has 8 aromatic carbocycles. The van der Waals surface area contributed by atoms with Gasteiger partial charge >= 0.3 is 0 Å². The molecule has 10 aromatic rings. The van der Waals surface area contributed by atoms with E-state index in [2.05, 4.69) is 184 Å². The molecule has 2 aromatic heterocycles. The normalized spacial score (nSPS) is 16.1. The first kappa shape index (κ1) is 37.0. The van der Waals surface area contributed by atoms with Gasteiger partial charge in [-0.1, -0.05) is 170 Å². The largest absolute Gasteiger partial charge is 0.338 e. The van der Waals surface area contributed by atoms with Crippen molar-refractivity contribution in [2.24, 2.45) is 5.92 Å². The van der Waals surface area contributed by atoms with Crippen molar-refractivity contribution in [2.75, 3.05) is 9.80 Å². The molecule has 2 atom stereocenters. The molecule has 2 aliphatic heterocycles. The van der Waals surface area contributed by atoms with Crippen LogP contribution in [-0.4, -0.2) is 25.6 Å². The van der Waals surface area contributed by atoms with E-state index in [1.54, 1.807) is 0 Å². The van der Waals surface area contributed by atoms with Gasteiger partial charge in [0, 0.05) is 56.5 Å². The average Bonchev–Trinajstić information content (AvgIpc) is 3.96. The topological polar surface area (TPSA) is 50.1 Å². The Balaban J connectivity index is 1.04. The molecule has 0 amide bonds. The van der Waals surface area contributed by atoms with Crippen molar-refractivity contribution in [1.29, 1.82) is 0 Å². The minimum Gasteiger partial charge on any atom is -0.338 e. The molecule has 0 bridgehead atoms. The third-order valence-electron chi connectivity index (χ3n) is 13.1. The maximum absolute atomic E-state index is 5.11. The highest BCUT2D eigenvalue weighted by molar-refractivity contribution is 6.13. The third kappa shape index (κ3) is 6.14. The van der Waals surface area contributed by atoms with E-state index in [1.165, 1.54) is 33.0 Å². The van der Waals surface area contributed by atoms with E-state index in [9.17, 15) is 0 Å². The number of nitrogens with zero attached hydrogens (tertiary/aromatic N) is 6. The van der Waals surface area contributed by atoms with E-state index in [-0.39, 0.29) is 12.0 Å². The van der Waals surface area contributed by atoms with Crippen LogP contribution in [0.1, 0.15) is 11.1 Å². The van der Waals surface area contributed by atoms with Gasteiger partial charge in [-0.05, 0) is 71.3 Å². The van der Waals surface area contributed by atoms with Crippen LogP contribution in [0.4, 0.5) is 22.7 Å². The van der Waals surface area contributed by atoms with Gasteiger partial charge in [-0.15, -0.1) is 0 Å². The summed E-state index contributed by atoms with van der Waals surface area (Å²) in [6.07, 6.45) is 9.59. The monoisotopic (exact) mass is 832 g/mol.